The fourth-order valence-electron chi connectivity index (χ4n) is 3.08. The van der Waals surface area contributed by atoms with Crippen LogP contribution in [0.15, 0.2) is 23.2 Å². The Hall–Kier alpha value is -1.31. The first-order chi connectivity index (χ1) is 12.1. The molecule has 1 aromatic rings. The van der Waals surface area contributed by atoms with E-state index in [0.29, 0.717) is 0 Å². The van der Waals surface area contributed by atoms with Gasteiger partial charge in [0.2, 0.25) is 5.91 Å². The van der Waals surface area contributed by atoms with E-state index in [4.69, 9.17) is 0 Å². The molecule has 0 radical (unpaired) electrons. The van der Waals surface area contributed by atoms with Gasteiger partial charge >= 0.3 is 0 Å². The van der Waals surface area contributed by atoms with Crippen LogP contribution in [0.2, 0.25) is 0 Å². The molecule has 0 aromatic heterocycles. The molecule has 0 spiro atoms. The lowest BCUT2D eigenvalue weighted by molar-refractivity contribution is -0.127. The van der Waals surface area contributed by atoms with E-state index in [9.17, 15) is 4.79 Å². The number of amides is 1. The number of carbonyl (C=O) groups is 1. The summed E-state index contributed by atoms with van der Waals surface area (Å²) in [5.74, 6) is 1.31. The Kier molecular flexibility index (Phi) is 10.6. The number of halogens is 1. The average molecular weight is 472 g/mol. The SMILES string of the molecule is CN=C(NCCCNC(=O)C1CCC1)NCCc1cc(C)cc(C)c1.I. The van der Waals surface area contributed by atoms with Gasteiger partial charge in [-0.1, -0.05) is 35.7 Å². The molecule has 1 aromatic carbocycles. The monoisotopic (exact) mass is 472 g/mol. The number of nitrogens with zero attached hydrogens (tertiary/aromatic N) is 1. The smallest absolute Gasteiger partial charge is 0.223 e. The third-order valence-corrected chi connectivity index (χ3v) is 4.63. The molecular formula is C20H33IN4O. The molecule has 1 aliphatic carbocycles. The molecule has 146 valence electrons. The van der Waals surface area contributed by atoms with Crippen molar-refractivity contribution in [3.63, 3.8) is 0 Å². The number of nitrogens with one attached hydrogen (secondary N) is 3. The standard InChI is InChI=1S/C20H32N4O.HI/c1-15-12-16(2)14-17(13-15)8-11-24-20(21-3)23-10-5-9-22-19(25)18-6-4-7-18;/h12-14,18H,4-11H2,1-3H3,(H,22,25)(H2,21,23,24);1H. The van der Waals surface area contributed by atoms with E-state index in [1.807, 2.05) is 0 Å². The summed E-state index contributed by atoms with van der Waals surface area (Å²) in [5.41, 5.74) is 3.96. The van der Waals surface area contributed by atoms with Crippen LogP contribution in [-0.4, -0.2) is 38.5 Å². The summed E-state index contributed by atoms with van der Waals surface area (Å²) >= 11 is 0. The highest BCUT2D eigenvalue weighted by Gasteiger charge is 2.24. The Morgan fingerprint density at radius 2 is 1.65 bits per heavy atom. The Morgan fingerprint density at radius 1 is 1.04 bits per heavy atom. The molecule has 2 rings (SSSR count). The van der Waals surface area contributed by atoms with Crippen LogP contribution in [0.25, 0.3) is 0 Å². The van der Waals surface area contributed by atoms with E-state index in [2.05, 4.69) is 53.0 Å². The third-order valence-electron chi connectivity index (χ3n) is 4.63. The first-order valence-corrected chi connectivity index (χ1v) is 9.38. The molecule has 0 aliphatic heterocycles. The van der Waals surface area contributed by atoms with E-state index in [-0.39, 0.29) is 35.8 Å². The van der Waals surface area contributed by atoms with Crippen LogP contribution in [0.4, 0.5) is 0 Å². The summed E-state index contributed by atoms with van der Waals surface area (Å²) in [7, 11) is 1.78. The van der Waals surface area contributed by atoms with Crippen molar-refractivity contribution in [2.24, 2.45) is 10.9 Å². The second-order valence-corrected chi connectivity index (χ2v) is 6.94. The number of aryl methyl sites for hydroxylation is 2. The zero-order valence-corrected chi connectivity index (χ0v) is 18.6. The molecule has 3 N–H and O–H groups in total. The van der Waals surface area contributed by atoms with Gasteiger partial charge in [0, 0.05) is 32.6 Å². The highest BCUT2D eigenvalue weighted by molar-refractivity contribution is 14.0. The van der Waals surface area contributed by atoms with Crippen molar-refractivity contribution < 1.29 is 4.79 Å². The minimum absolute atomic E-state index is 0. The third kappa shape index (κ3) is 7.93. The number of hydrogen-bond donors (Lipinski definition) is 3. The Bertz CT molecular complexity index is 579. The molecule has 0 unspecified atom stereocenters. The number of benzene rings is 1. The van der Waals surface area contributed by atoms with Gasteiger partial charge in [-0.15, -0.1) is 24.0 Å². The summed E-state index contributed by atoms with van der Waals surface area (Å²) in [5, 5.41) is 9.65. The molecule has 1 aliphatic rings. The van der Waals surface area contributed by atoms with Gasteiger partial charge in [-0.05, 0) is 45.1 Å². The lowest BCUT2D eigenvalue weighted by Gasteiger charge is -2.24. The lowest BCUT2D eigenvalue weighted by Crippen LogP contribution is -2.40. The molecule has 0 atom stereocenters. The molecule has 26 heavy (non-hydrogen) atoms. The number of rotatable bonds is 8. The summed E-state index contributed by atoms with van der Waals surface area (Å²) in [6, 6.07) is 6.66. The maximum absolute atomic E-state index is 11.7. The van der Waals surface area contributed by atoms with Crippen LogP contribution in [0.5, 0.6) is 0 Å². The van der Waals surface area contributed by atoms with Gasteiger partial charge in [-0.2, -0.15) is 0 Å². The minimum atomic E-state index is 0. The fourth-order valence-corrected chi connectivity index (χ4v) is 3.08. The van der Waals surface area contributed by atoms with Crippen molar-refractivity contribution in [2.45, 2.75) is 46.0 Å². The van der Waals surface area contributed by atoms with Crippen molar-refractivity contribution in [2.75, 3.05) is 26.7 Å². The number of aliphatic imine (C=N–C) groups is 1. The zero-order chi connectivity index (χ0) is 18.1. The fraction of sp³-hybridized carbons (Fsp3) is 0.600. The second kappa shape index (κ2) is 12.1. The summed E-state index contributed by atoms with van der Waals surface area (Å²) in [6.45, 7) is 6.64. The van der Waals surface area contributed by atoms with E-state index < -0.39 is 0 Å². The van der Waals surface area contributed by atoms with Crippen LogP contribution in [-0.2, 0) is 11.2 Å². The molecule has 1 fully saturated rings. The maximum atomic E-state index is 11.7. The van der Waals surface area contributed by atoms with Crippen molar-refractivity contribution in [1.29, 1.82) is 0 Å². The molecule has 1 saturated carbocycles. The average Bonchev–Trinajstić information content (AvgIpc) is 2.50. The molecule has 1 amide bonds. The van der Waals surface area contributed by atoms with Crippen molar-refractivity contribution in [3.05, 3.63) is 34.9 Å². The van der Waals surface area contributed by atoms with E-state index in [1.165, 1.54) is 23.1 Å². The van der Waals surface area contributed by atoms with Gasteiger partial charge in [0.1, 0.15) is 0 Å². The van der Waals surface area contributed by atoms with Crippen LogP contribution < -0.4 is 16.0 Å². The van der Waals surface area contributed by atoms with Gasteiger partial charge in [-0.3, -0.25) is 9.79 Å². The lowest BCUT2D eigenvalue weighted by atomic mass is 9.85. The van der Waals surface area contributed by atoms with Crippen LogP contribution in [0.3, 0.4) is 0 Å². The van der Waals surface area contributed by atoms with Crippen molar-refractivity contribution in [1.82, 2.24) is 16.0 Å². The largest absolute Gasteiger partial charge is 0.356 e. The van der Waals surface area contributed by atoms with Crippen molar-refractivity contribution >= 4 is 35.8 Å². The highest BCUT2D eigenvalue weighted by atomic mass is 127. The van der Waals surface area contributed by atoms with Gasteiger partial charge in [0.25, 0.3) is 0 Å². The maximum Gasteiger partial charge on any atom is 0.223 e. The topological polar surface area (TPSA) is 65.5 Å². The van der Waals surface area contributed by atoms with Gasteiger partial charge in [0.05, 0.1) is 0 Å². The minimum Gasteiger partial charge on any atom is -0.356 e. The first kappa shape index (κ1) is 22.7. The van der Waals surface area contributed by atoms with E-state index in [1.54, 1.807) is 7.05 Å². The quantitative estimate of drug-likeness (QED) is 0.236. The van der Waals surface area contributed by atoms with E-state index in [0.717, 1.165) is 51.3 Å². The summed E-state index contributed by atoms with van der Waals surface area (Å²) in [4.78, 5) is 16.0. The van der Waals surface area contributed by atoms with Gasteiger partial charge in [-0.25, -0.2) is 0 Å². The second-order valence-electron chi connectivity index (χ2n) is 6.94. The Morgan fingerprint density at radius 3 is 2.23 bits per heavy atom. The molecule has 5 nitrogen and oxygen atoms in total. The summed E-state index contributed by atoms with van der Waals surface area (Å²) in [6.07, 6.45) is 5.18. The molecule has 6 heteroatoms. The van der Waals surface area contributed by atoms with E-state index >= 15 is 0 Å². The molecular weight excluding hydrogens is 439 g/mol. The van der Waals surface area contributed by atoms with Crippen LogP contribution in [0, 0.1) is 19.8 Å². The van der Waals surface area contributed by atoms with Crippen LogP contribution >= 0.6 is 24.0 Å². The first-order valence-electron chi connectivity index (χ1n) is 9.38. The van der Waals surface area contributed by atoms with Gasteiger partial charge in [0.15, 0.2) is 5.96 Å². The molecule has 0 bridgehead atoms. The van der Waals surface area contributed by atoms with Crippen LogP contribution in [0.1, 0.15) is 42.4 Å². The predicted molar refractivity (Wildman–Crippen MR) is 119 cm³/mol. The number of carbonyl (C=O) groups excluding carboxylic acids is 1. The van der Waals surface area contributed by atoms with Crippen molar-refractivity contribution in [3.8, 4) is 0 Å². The molecule has 0 heterocycles. The number of hydrogen-bond acceptors (Lipinski definition) is 2. The summed E-state index contributed by atoms with van der Waals surface area (Å²) < 4.78 is 0. The zero-order valence-electron chi connectivity index (χ0n) is 16.2. The Balaban J connectivity index is 0.00000338. The predicted octanol–water partition coefficient (Wildman–Crippen LogP) is 2.94. The number of guanidine groups is 1. The Labute approximate surface area is 174 Å². The molecule has 0 saturated heterocycles. The normalized spacial score (nSPS) is 14.2. The van der Waals surface area contributed by atoms with Gasteiger partial charge < -0.3 is 16.0 Å². The highest BCUT2D eigenvalue weighted by Crippen LogP contribution is 2.25.